The molecule has 0 aromatic heterocycles. The summed E-state index contributed by atoms with van der Waals surface area (Å²) in [5, 5.41) is 0. The average molecular weight is 274 g/mol. The number of amides is 1. The van der Waals surface area contributed by atoms with Gasteiger partial charge >= 0.3 is 0 Å². The van der Waals surface area contributed by atoms with Crippen LogP contribution in [-0.2, 0) is 0 Å². The summed E-state index contributed by atoms with van der Waals surface area (Å²) in [7, 11) is 1.79. The molecule has 4 heteroatoms. The van der Waals surface area contributed by atoms with Crippen LogP contribution in [0.3, 0.4) is 0 Å². The van der Waals surface area contributed by atoms with Crippen molar-refractivity contribution in [2.45, 2.75) is 31.7 Å². The van der Waals surface area contributed by atoms with Crippen LogP contribution in [-0.4, -0.2) is 30.4 Å². The average Bonchev–Trinajstić information content (AvgIpc) is 2.98. The van der Waals surface area contributed by atoms with Gasteiger partial charge in [0.15, 0.2) is 0 Å². The normalized spacial score (nSPS) is 14.8. The van der Waals surface area contributed by atoms with Crippen molar-refractivity contribution in [3.8, 4) is 11.8 Å². The molecule has 0 atom stereocenters. The van der Waals surface area contributed by atoms with E-state index in [1.807, 2.05) is 0 Å². The summed E-state index contributed by atoms with van der Waals surface area (Å²) in [6.45, 7) is 0.185. The second kappa shape index (κ2) is 6.53. The molecule has 20 heavy (non-hydrogen) atoms. The highest BCUT2D eigenvalue weighted by Gasteiger charge is 2.24. The number of benzene rings is 1. The highest BCUT2D eigenvalue weighted by molar-refractivity contribution is 5.94. The van der Waals surface area contributed by atoms with Gasteiger partial charge in [0.25, 0.3) is 5.91 Å². The summed E-state index contributed by atoms with van der Waals surface area (Å²) < 4.78 is 13.9. The number of carbonyl (C=O) groups excluding carboxylic acids is 1. The van der Waals surface area contributed by atoms with Gasteiger partial charge in [0.2, 0.25) is 0 Å². The second-order valence-corrected chi connectivity index (χ2v) is 5.05. The van der Waals surface area contributed by atoms with Crippen molar-refractivity contribution in [2.75, 3.05) is 13.6 Å². The molecule has 2 rings (SSSR count). The van der Waals surface area contributed by atoms with Gasteiger partial charge < -0.3 is 10.6 Å². The fourth-order valence-electron chi connectivity index (χ4n) is 2.56. The largest absolute Gasteiger partial charge is 0.339 e. The topological polar surface area (TPSA) is 46.3 Å². The smallest absolute Gasteiger partial charge is 0.253 e. The van der Waals surface area contributed by atoms with Crippen molar-refractivity contribution >= 4 is 5.91 Å². The van der Waals surface area contributed by atoms with Gasteiger partial charge in [-0.3, -0.25) is 4.79 Å². The van der Waals surface area contributed by atoms with Crippen molar-refractivity contribution in [2.24, 2.45) is 5.73 Å². The Balaban J connectivity index is 2.16. The fourth-order valence-corrected chi connectivity index (χ4v) is 2.56. The first-order chi connectivity index (χ1) is 9.63. The van der Waals surface area contributed by atoms with E-state index in [1.54, 1.807) is 18.0 Å². The third-order valence-corrected chi connectivity index (χ3v) is 3.73. The molecule has 106 valence electrons. The van der Waals surface area contributed by atoms with E-state index in [1.165, 1.54) is 12.1 Å². The molecule has 1 aliphatic rings. The summed E-state index contributed by atoms with van der Waals surface area (Å²) in [5.74, 6) is 4.65. The molecule has 1 saturated carbocycles. The van der Waals surface area contributed by atoms with Crippen molar-refractivity contribution in [3.63, 3.8) is 0 Å². The van der Waals surface area contributed by atoms with Gasteiger partial charge in [-0.05, 0) is 31.0 Å². The van der Waals surface area contributed by atoms with Gasteiger partial charge in [-0.2, -0.15) is 0 Å². The number of nitrogens with two attached hydrogens (primary N) is 1. The van der Waals surface area contributed by atoms with Crippen LogP contribution < -0.4 is 5.73 Å². The van der Waals surface area contributed by atoms with Crippen LogP contribution in [0.5, 0.6) is 0 Å². The zero-order chi connectivity index (χ0) is 14.5. The first-order valence-electron chi connectivity index (χ1n) is 6.89. The van der Waals surface area contributed by atoms with Gasteiger partial charge in [0, 0.05) is 18.7 Å². The van der Waals surface area contributed by atoms with Crippen LogP contribution in [0.4, 0.5) is 4.39 Å². The zero-order valence-corrected chi connectivity index (χ0v) is 11.7. The maximum Gasteiger partial charge on any atom is 0.253 e. The van der Waals surface area contributed by atoms with E-state index < -0.39 is 5.82 Å². The second-order valence-electron chi connectivity index (χ2n) is 5.05. The molecule has 3 nitrogen and oxygen atoms in total. The first kappa shape index (κ1) is 14.5. The Hall–Kier alpha value is -1.86. The van der Waals surface area contributed by atoms with Crippen molar-refractivity contribution in [1.82, 2.24) is 4.90 Å². The molecule has 1 fully saturated rings. The standard InChI is InChI=1S/C16H19FN2O/c1-19(14-6-2-3-7-14)16(20)13-9-8-12(5-4-10-18)15(17)11-13/h8-9,11,14H,2-3,6-7,10,18H2,1H3. The molecule has 1 aromatic carbocycles. The lowest BCUT2D eigenvalue weighted by molar-refractivity contribution is 0.0734. The third-order valence-electron chi connectivity index (χ3n) is 3.73. The van der Waals surface area contributed by atoms with Crippen molar-refractivity contribution in [3.05, 3.63) is 35.1 Å². The van der Waals surface area contributed by atoms with Gasteiger partial charge in [-0.15, -0.1) is 0 Å². The molecule has 0 spiro atoms. The summed E-state index contributed by atoms with van der Waals surface area (Å²) >= 11 is 0. The number of rotatable bonds is 2. The van der Waals surface area contributed by atoms with Crippen LogP contribution in [0.25, 0.3) is 0 Å². The molecule has 0 aliphatic heterocycles. The Bertz CT molecular complexity index is 553. The van der Waals surface area contributed by atoms with Crippen LogP contribution in [0.1, 0.15) is 41.6 Å². The third kappa shape index (κ3) is 3.17. The number of hydrogen-bond donors (Lipinski definition) is 1. The minimum atomic E-state index is -0.475. The highest BCUT2D eigenvalue weighted by atomic mass is 19.1. The molecular formula is C16H19FN2O. The number of nitrogens with zero attached hydrogens (tertiary/aromatic N) is 1. The Morgan fingerprint density at radius 3 is 2.75 bits per heavy atom. The Morgan fingerprint density at radius 2 is 2.15 bits per heavy atom. The lowest BCUT2D eigenvalue weighted by Crippen LogP contribution is -2.35. The monoisotopic (exact) mass is 274 g/mol. The molecule has 0 bridgehead atoms. The summed E-state index contributed by atoms with van der Waals surface area (Å²) in [6.07, 6.45) is 4.38. The lowest BCUT2D eigenvalue weighted by Gasteiger charge is -2.24. The maximum absolute atomic E-state index is 13.9. The van der Waals surface area contributed by atoms with Crippen LogP contribution in [0, 0.1) is 17.7 Å². The van der Waals surface area contributed by atoms with Crippen LogP contribution in [0.2, 0.25) is 0 Å². The summed E-state index contributed by atoms with van der Waals surface area (Å²) in [5.41, 5.74) is 5.90. The number of hydrogen-bond acceptors (Lipinski definition) is 2. The Labute approximate surface area is 119 Å². The van der Waals surface area contributed by atoms with Gasteiger partial charge in [-0.25, -0.2) is 4.39 Å². The van der Waals surface area contributed by atoms with E-state index in [4.69, 9.17) is 5.73 Å². The molecule has 2 N–H and O–H groups in total. The van der Waals surface area contributed by atoms with E-state index in [0.29, 0.717) is 5.56 Å². The number of halogens is 1. The predicted molar refractivity (Wildman–Crippen MR) is 76.7 cm³/mol. The Morgan fingerprint density at radius 1 is 1.45 bits per heavy atom. The van der Waals surface area contributed by atoms with E-state index in [9.17, 15) is 9.18 Å². The SMILES string of the molecule is CN(C(=O)c1ccc(C#CCN)c(F)c1)C1CCCC1. The minimum Gasteiger partial charge on any atom is -0.339 e. The van der Waals surface area contributed by atoms with Crippen molar-refractivity contribution < 1.29 is 9.18 Å². The van der Waals surface area contributed by atoms with E-state index in [0.717, 1.165) is 25.7 Å². The molecule has 1 aromatic rings. The van der Waals surface area contributed by atoms with E-state index in [-0.39, 0.29) is 24.1 Å². The molecule has 0 unspecified atom stereocenters. The molecular weight excluding hydrogens is 255 g/mol. The molecule has 0 radical (unpaired) electrons. The first-order valence-corrected chi connectivity index (χ1v) is 6.89. The van der Waals surface area contributed by atoms with Gasteiger partial charge in [0.05, 0.1) is 12.1 Å². The molecule has 1 amide bonds. The quantitative estimate of drug-likeness (QED) is 0.840. The van der Waals surface area contributed by atoms with Crippen LogP contribution >= 0.6 is 0 Å². The molecule has 0 heterocycles. The highest BCUT2D eigenvalue weighted by Crippen LogP contribution is 2.24. The number of carbonyl (C=O) groups is 1. The Kier molecular flexibility index (Phi) is 4.75. The summed E-state index contributed by atoms with van der Waals surface area (Å²) in [6, 6.07) is 4.70. The van der Waals surface area contributed by atoms with Crippen molar-refractivity contribution in [1.29, 1.82) is 0 Å². The van der Waals surface area contributed by atoms with Gasteiger partial charge in [0.1, 0.15) is 5.82 Å². The molecule has 1 aliphatic carbocycles. The van der Waals surface area contributed by atoms with E-state index in [2.05, 4.69) is 11.8 Å². The summed E-state index contributed by atoms with van der Waals surface area (Å²) in [4.78, 5) is 14.0. The zero-order valence-electron chi connectivity index (χ0n) is 11.7. The minimum absolute atomic E-state index is 0.130. The van der Waals surface area contributed by atoms with Crippen LogP contribution in [0.15, 0.2) is 18.2 Å². The van der Waals surface area contributed by atoms with Gasteiger partial charge in [-0.1, -0.05) is 24.7 Å². The maximum atomic E-state index is 13.9. The fraction of sp³-hybridized carbons (Fsp3) is 0.438. The molecule has 0 saturated heterocycles. The predicted octanol–water partition coefficient (Wildman–Crippen LogP) is 2.15. The van der Waals surface area contributed by atoms with E-state index >= 15 is 0 Å². The lowest BCUT2D eigenvalue weighted by atomic mass is 10.1.